The molecule has 7 nitrogen and oxygen atoms in total. The zero-order valence-electron chi connectivity index (χ0n) is 14.2. The lowest BCUT2D eigenvalue weighted by atomic mass is 9.98. The number of carbonyl (C=O) groups is 1. The summed E-state index contributed by atoms with van der Waals surface area (Å²) >= 11 is 1.22. The smallest absolute Gasteiger partial charge is 0.276 e. The Morgan fingerprint density at radius 2 is 2.16 bits per heavy atom. The number of hydrogen-bond donors (Lipinski definition) is 2. The fraction of sp³-hybridized carbons (Fsp3) is 0.625. The number of nitriles is 1. The Balaban J connectivity index is 1.51. The summed E-state index contributed by atoms with van der Waals surface area (Å²) in [7, 11) is -3.41. The van der Waals surface area contributed by atoms with Gasteiger partial charge in [-0.2, -0.15) is 9.57 Å². The first-order chi connectivity index (χ1) is 11.8. The van der Waals surface area contributed by atoms with Crippen molar-refractivity contribution in [3.8, 4) is 6.07 Å². The largest absolute Gasteiger partial charge is 0.333 e. The van der Waals surface area contributed by atoms with Crippen LogP contribution in [0.15, 0.2) is 21.7 Å². The van der Waals surface area contributed by atoms with Gasteiger partial charge in [-0.1, -0.05) is 6.07 Å². The van der Waals surface area contributed by atoms with Crippen LogP contribution in [0.25, 0.3) is 0 Å². The Morgan fingerprint density at radius 1 is 1.48 bits per heavy atom. The van der Waals surface area contributed by atoms with Gasteiger partial charge in [0.15, 0.2) is 6.54 Å². The highest BCUT2D eigenvalue weighted by atomic mass is 32.2. The highest BCUT2D eigenvalue weighted by Crippen LogP contribution is 2.39. The van der Waals surface area contributed by atoms with Crippen molar-refractivity contribution >= 4 is 27.3 Å². The number of rotatable bonds is 6. The van der Waals surface area contributed by atoms with Crippen LogP contribution in [0.2, 0.25) is 0 Å². The molecule has 0 unspecified atom stereocenters. The van der Waals surface area contributed by atoms with Crippen molar-refractivity contribution in [2.24, 2.45) is 5.92 Å². The summed E-state index contributed by atoms with van der Waals surface area (Å²) in [6, 6.07) is 5.57. The van der Waals surface area contributed by atoms with E-state index >= 15 is 0 Å². The van der Waals surface area contributed by atoms with Crippen LogP contribution < -0.4 is 10.2 Å². The topological polar surface area (TPSA) is 94.7 Å². The second kappa shape index (κ2) is 7.03. The fourth-order valence-corrected chi connectivity index (χ4v) is 5.79. The van der Waals surface area contributed by atoms with E-state index < -0.39 is 15.6 Å². The maximum absolute atomic E-state index is 12.5. The first kappa shape index (κ1) is 18.3. The minimum absolute atomic E-state index is 0.138. The van der Waals surface area contributed by atoms with Crippen LogP contribution >= 0.6 is 11.3 Å². The predicted octanol–water partition coefficient (Wildman–Crippen LogP) is -0.554. The van der Waals surface area contributed by atoms with Gasteiger partial charge in [-0.3, -0.25) is 4.79 Å². The van der Waals surface area contributed by atoms with E-state index in [-0.39, 0.29) is 18.4 Å². The highest BCUT2D eigenvalue weighted by Gasteiger charge is 2.43. The lowest BCUT2D eigenvalue weighted by molar-refractivity contribution is -0.895. The van der Waals surface area contributed by atoms with Gasteiger partial charge in [0, 0.05) is 0 Å². The number of carbonyl (C=O) groups excluding carboxylic acids is 1. The zero-order valence-corrected chi connectivity index (χ0v) is 15.8. The molecule has 0 aromatic carbocycles. The van der Waals surface area contributed by atoms with Gasteiger partial charge in [0.05, 0.1) is 32.2 Å². The summed E-state index contributed by atoms with van der Waals surface area (Å²) in [4.78, 5) is 13.3. The molecule has 1 aromatic heterocycles. The molecule has 3 rings (SSSR count). The third-order valence-corrected chi connectivity index (χ3v) is 8.23. The maximum atomic E-state index is 12.5. The van der Waals surface area contributed by atoms with Gasteiger partial charge in [-0.25, -0.2) is 8.42 Å². The van der Waals surface area contributed by atoms with E-state index in [1.807, 2.05) is 0 Å². The van der Waals surface area contributed by atoms with Crippen molar-refractivity contribution in [3.05, 3.63) is 17.5 Å². The minimum Gasteiger partial charge on any atom is -0.333 e. The van der Waals surface area contributed by atoms with Gasteiger partial charge in [-0.15, -0.1) is 11.3 Å². The summed E-state index contributed by atoms with van der Waals surface area (Å²) in [5, 5.41) is 13.9. The van der Waals surface area contributed by atoms with Crippen LogP contribution in [0.5, 0.6) is 0 Å². The summed E-state index contributed by atoms with van der Waals surface area (Å²) in [6.07, 6.45) is 1.97. The number of quaternary nitrogens is 1. The van der Waals surface area contributed by atoms with Gasteiger partial charge in [0.1, 0.15) is 9.75 Å². The monoisotopic (exact) mass is 383 g/mol. The lowest BCUT2D eigenvalue weighted by Gasteiger charge is -2.31. The van der Waals surface area contributed by atoms with Crippen molar-refractivity contribution in [2.45, 2.75) is 29.5 Å². The molecule has 0 spiro atoms. The predicted molar refractivity (Wildman–Crippen MR) is 93.5 cm³/mol. The molecule has 1 aliphatic carbocycles. The molecule has 1 saturated heterocycles. The molecule has 1 aliphatic heterocycles. The summed E-state index contributed by atoms with van der Waals surface area (Å²) in [6.45, 7) is 4.04. The standard InChI is InChI=1S/C16H22N4O3S2/c1-16(12-17,13-4-5-13)18-14(21)11-19-6-8-20(9-7-19)25(22,23)15-3-2-10-24-15/h2-3,10,13H,4-9,11H2,1H3,(H,18,21)/p+1/t16-/m0/s1. The molecule has 0 radical (unpaired) electrons. The minimum atomic E-state index is -3.41. The van der Waals surface area contributed by atoms with E-state index in [0.717, 1.165) is 17.7 Å². The Bertz CT molecular complexity index is 760. The van der Waals surface area contributed by atoms with Crippen LogP contribution in [0.4, 0.5) is 0 Å². The number of sulfonamides is 1. The van der Waals surface area contributed by atoms with Crippen molar-refractivity contribution < 1.29 is 18.1 Å². The molecule has 1 saturated carbocycles. The van der Waals surface area contributed by atoms with Gasteiger partial charge >= 0.3 is 0 Å². The molecule has 2 fully saturated rings. The highest BCUT2D eigenvalue weighted by molar-refractivity contribution is 7.91. The first-order valence-corrected chi connectivity index (χ1v) is 10.8. The summed E-state index contributed by atoms with van der Waals surface area (Å²) in [5.74, 6) is 0.116. The Hall–Kier alpha value is -1.47. The van der Waals surface area contributed by atoms with Crippen LogP contribution in [0.3, 0.4) is 0 Å². The molecule has 9 heteroatoms. The van der Waals surface area contributed by atoms with Crippen LogP contribution in [0, 0.1) is 17.2 Å². The molecule has 2 aliphatic rings. The summed E-state index contributed by atoms with van der Waals surface area (Å²) in [5.41, 5.74) is -0.777. The molecule has 2 N–H and O–H groups in total. The van der Waals surface area contributed by atoms with Gasteiger partial charge < -0.3 is 10.2 Å². The number of piperazine rings is 1. The zero-order chi connectivity index (χ0) is 18.1. The molecule has 1 amide bonds. The third-order valence-electron chi connectivity index (χ3n) is 4.95. The Labute approximate surface area is 152 Å². The van der Waals surface area contributed by atoms with Crippen LogP contribution in [-0.2, 0) is 14.8 Å². The fourth-order valence-electron chi connectivity index (χ4n) is 3.20. The number of amides is 1. The van der Waals surface area contributed by atoms with E-state index in [1.54, 1.807) is 24.4 Å². The van der Waals surface area contributed by atoms with E-state index in [2.05, 4.69) is 11.4 Å². The van der Waals surface area contributed by atoms with Crippen molar-refractivity contribution in [1.82, 2.24) is 9.62 Å². The lowest BCUT2D eigenvalue weighted by Crippen LogP contribution is -3.16. The Morgan fingerprint density at radius 3 is 2.68 bits per heavy atom. The first-order valence-electron chi connectivity index (χ1n) is 8.44. The van der Waals surface area contributed by atoms with E-state index in [4.69, 9.17) is 0 Å². The van der Waals surface area contributed by atoms with E-state index in [0.29, 0.717) is 30.4 Å². The second-order valence-electron chi connectivity index (χ2n) is 6.90. The molecule has 0 bridgehead atoms. The van der Waals surface area contributed by atoms with Crippen molar-refractivity contribution in [1.29, 1.82) is 5.26 Å². The molecule has 136 valence electrons. The second-order valence-corrected chi connectivity index (χ2v) is 10.0. The Kier molecular flexibility index (Phi) is 5.16. The number of thiophene rings is 1. The maximum Gasteiger partial charge on any atom is 0.276 e. The van der Waals surface area contributed by atoms with Gasteiger partial charge in [0.2, 0.25) is 0 Å². The number of nitrogens with one attached hydrogen (secondary N) is 2. The molecule has 1 atom stereocenters. The quantitative estimate of drug-likeness (QED) is 0.689. The normalized spacial score (nSPS) is 22.1. The van der Waals surface area contributed by atoms with Crippen molar-refractivity contribution in [3.63, 3.8) is 0 Å². The van der Waals surface area contributed by atoms with Gasteiger partial charge in [0.25, 0.3) is 15.9 Å². The number of nitrogens with zero attached hydrogens (tertiary/aromatic N) is 2. The SMILES string of the molecule is C[C@@](C#N)(NC(=O)C[NH+]1CCN(S(=O)(=O)c2cccs2)CC1)C1CC1. The molecular weight excluding hydrogens is 360 g/mol. The molecule has 1 aromatic rings. The van der Waals surface area contributed by atoms with E-state index in [1.165, 1.54) is 15.6 Å². The van der Waals surface area contributed by atoms with Crippen LogP contribution in [-0.4, -0.2) is 56.9 Å². The van der Waals surface area contributed by atoms with E-state index in [9.17, 15) is 18.5 Å². The van der Waals surface area contributed by atoms with Crippen LogP contribution in [0.1, 0.15) is 19.8 Å². The average molecular weight is 384 g/mol. The molecule has 2 heterocycles. The molecule has 25 heavy (non-hydrogen) atoms. The third kappa shape index (κ3) is 4.03. The number of hydrogen-bond acceptors (Lipinski definition) is 5. The summed E-state index contributed by atoms with van der Waals surface area (Å²) < 4.78 is 26.8. The molecular formula is C16H23N4O3S2+. The van der Waals surface area contributed by atoms with Crippen molar-refractivity contribution in [2.75, 3.05) is 32.7 Å². The van der Waals surface area contributed by atoms with Gasteiger partial charge in [-0.05, 0) is 37.1 Å². The average Bonchev–Trinajstić information content (AvgIpc) is 3.30.